The number of pyridine rings is 1. The fraction of sp³-hybridized carbons (Fsp3) is 0.211. The van der Waals surface area contributed by atoms with Crippen molar-refractivity contribution < 1.29 is 23.9 Å². The van der Waals surface area contributed by atoms with E-state index in [1.165, 1.54) is 24.5 Å². The summed E-state index contributed by atoms with van der Waals surface area (Å²) < 4.78 is 4.89. The summed E-state index contributed by atoms with van der Waals surface area (Å²) in [6, 6.07) is 10.9. The molecular formula is C19H18N4O5. The second-order valence-electron chi connectivity index (χ2n) is 6.04. The number of ether oxygens (including phenoxy) is 1. The maximum absolute atomic E-state index is 12.9. The van der Waals surface area contributed by atoms with Crippen molar-refractivity contribution in [1.82, 2.24) is 20.7 Å². The number of amides is 4. The van der Waals surface area contributed by atoms with Crippen molar-refractivity contribution in [2.24, 2.45) is 0 Å². The van der Waals surface area contributed by atoms with Gasteiger partial charge >= 0.3 is 12.0 Å². The summed E-state index contributed by atoms with van der Waals surface area (Å²) in [5, 5.41) is 3.25. The zero-order chi connectivity index (χ0) is 20.1. The van der Waals surface area contributed by atoms with Crippen LogP contribution in [0.15, 0.2) is 54.9 Å². The Balaban J connectivity index is 1.65. The number of imide groups is 1. The molecule has 144 valence electrons. The molecule has 0 saturated carbocycles. The summed E-state index contributed by atoms with van der Waals surface area (Å²) in [5.41, 5.74) is 1.76. The monoisotopic (exact) mass is 382 g/mol. The summed E-state index contributed by atoms with van der Waals surface area (Å²) in [4.78, 5) is 52.9. The number of benzene rings is 1. The Labute approximate surface area is 160 Å². The lowest BCUT2D eigenvalue weighted by Crippen LogP contribution is -2.49. The third kappa shape index (κ3) is 3.54. The number of esters is 1. The van der Waals surface area contributed by atoms with E-state index in [-0.39, 0.29) is 5.56 Å². The van der Waals surface area contributed by atoms with Gasteiger partial charge < -0.3 is 10.1 Å². The molecular weight excluding hydrogens is 364 g/mol. The fourth-order valence-electron chi connectivity index (χ4n) is 2.90. The van der Waals surface area contributed by atoms with Crippen molar-refractivity contribution in [1.29, 1.82) is 0 Å². The lowest BCUT2D eigenvalue weighted by atomic mass is 9.87. The van der Waals surface area contributed by atoms with Crippen LogP contribution in [0.3, 0.4) is 0 Å². The molecule has 4 amide bonds. The van der Waals surface area contributed by atoms with Crippen LogP contribution < -0.4 is 10.7 Å². The van der Waals surface area contributed by atoms with Crippen LogP contribution in [0.5, 0.6) is 0 Å². The Bertz CT molecular complexity index is 903. The Kier molecular flexibility index (Phi) is 5.35. The van der Waals surface area contributed by atoms with Crippen molar-refractivity contribution in [2.75, 3.05) is 6.61 Å². The molecule has 28 heavy (non-hydrogen) atoms. The van der Waals surface area contributed by atoms with Gasteiger partial charge in [-0.15, -0.1) is 0 Å². The third-order valence-electron chi connectivity index (χ3n) is 4.38. The van der Waals surface area contributed by atoms with Gasteiger partial charge in [-0.05, 0) is 24.1 Å². The predicted molar refractivity (Wildman–Crippen MR) is 96.5 cm³/mol. The van der Waals surface area contributed by atoms with E-state index >= 15 is 0 Å². The minimum absolute atomic E-state index is 0.229. The average molecular weight is 382 g/mol. The first-order chi connectivity index (χ1) is 13.5. The van der Waals surface area contributed by atoms with Gasteiger partial charge in [0.05, 0.1) is 5.56 Å². The van der Waals surface area contributed by atoms with E-state index in [1.807, 2.05) is 0 Å². The molecule has 1 saturated heterocycles. The van der Waals surface area contributed by atoms with Gasteiger partial charge in [-0.2, -0.15) is 5.01 Å². The minimum Gasteiger partial charge on any atom is -0.452 e. The highest BCUT2D eigenvalue weighted by Gasteiger charge is 2.52. The summed E-state index contributed by atoms with van der Waals surface area (Å²) in [5.74, 6) is -2.15. The topological polar surface area (TPSA) is 118 Å². The zero-order valence-electron chi connectivity index (χ0n) is 15.0. The predicted octanol–water partition coefficient (Wildman–Crippen LogP) is 1.13. The Hall–Kier alpha value is -3.75. The highest BCUT2D eigenvalue weighted by molar-refractivity contribution is 6.08. The molecule has 3 rings (SSSR count). The summed E-state index contributed by atoms with van der Waals surface area (Å²) in [6.45, 7) is 1.11. The van der Waals surface area contributed by atoms with Crippen LogP contribution in [0, 0.1) is 0 Å². The van der Waals surface area contributed by atoms with Gasteiger partial charge in [-0.25, -0.2) is 9.59 Å². The molecule has 1 aromatic heterocycles. The van der Waals surface area contributed by atoms with Gasteiger partial charge in [0, 0.05) is 12.4 Å². The van der Waals surface area contributed by atoms with E-state index in [0.717, 1.165) is 0 Å². The van der Waals surface area contributed by atoms with Crippen molar-refractivity contribution in [2.45, 2.75) is 18.9 Å². The highest BCUT2D eigenvalue weighted by Crippen LogP contribution is 2.31. The summed E-state index contributed by atoms with van der Waals surface area (Å²) in [6.07, 6.45) is 3.13. The number of urea groups is 1. The van der Waals surface area contributed by atoms with Crippen LogP contribution in [0.4, 0.5) is 4.79 Å². The fourth-order valence-corrected chi connectivity index (χ4v) is 2.90. The van der Waals surface area contributed by atoms with Gasteiger partial charge in [-0.1, -0.05) is 37.3 Å². The van der Waals surface area contributed by atoms with Gasteiger partial charge in [-0.3, -0.25) is 20.0 Å². The SMILES string of the molecule is CC[C@]1(c2ccccc2)NC(=O)N(NC(=O)COC(=O)c2ccncc2)C1=O. The van der Waals surface area contributed by atoms with Crippen LogP contribution in [-0.2, 0) is 19.9 Å². The first-order valence-electron chi connectivity index (χ1n) is 8.57. The molecule has 9 nitrogen and oxygen atoms in total. The average Bonchev–Trinajstić information content (AvgIpc) is 2.98. The molecule has 0 radical (unpaired) electrons. The van der Waals surface area contributed by atoms with E-state index in [4.69, 9.17) is 4.74 Å². The standard InChI is InChI=1S/C19H18N4O5/c1-2-19(14-6-4-3-5-7-14)17(26)23(18(27)21-19)22-15(24)12-28-16(25)13-8-10-20-11-9-13/h3-11H,2,12H2,1H3,(H,21,27)(H,22,24)/t19-/m1/s1. The number of carbonyl (C=O) groups is 4. The van der Waals surface area contributed by atoms with Crippen LogP contribution in [0.25, 0.3) is 0 Å². The Morgan fingerprint density at radius 3 is 2.46 bits per heavy atom. The van der Waals surface area contributed by atoms with Crippen LogP contribution >= 0.6 is 0 Å². The van der Waals surface area contributed by atoms with Crippen LogP contribution in [0.2, 0.25) is 0 Å². The van der Waals surface area contributed by atoms with E-state index < -0.39 is 36.0 Å². The van der Waals surface area contributed by atoms with Crippen molar-refractivity contribution in [3.63, 3.8) is 0 Å². The molecule has 0 spiro atoms. The van der Waals surface area contributed by atoms with Gasteiger partial charge in [0.2, 0.25) is 0 Å². The van der Waals surface area contributed by atoms with Gasteiger partial charge in [0.1, 0.15) is 5.54 Å². The molecule has 1 aliphatic heterocycles. The van der Waals surface area contributed by atoms with Gasteiger partial charge in [0.25, 0.3) is 11.8 Å². The Morgan fingerprint density at radius 1 is 1.14 bits per heavy atom. The number of nitrogens with one attached hydrogen (secondary N) is 2. The highest BCUT2D eigenvalue weighted by atomic mass is 16.5. The second-order valence-corrected chi connectivity index (χ2v) is 6.04. The van der Waals surface area contributed by atoms with E-state index in [9.17, 15) is 19.2 Å². The molecule has 1 aromatic carbocycles. The molecule has 0 bridgehead atoms. The maximum atomic E-state index is 12.9. The number of aromatic nitrogens is 1. The summed E-state index contributed by atoms with van der Waals surface area (Å²) >= 11 is 0. The third-order valence-corrected chi connectivity index (χ3v) is 4.38. The number of hydrazine groups is 1. The molecule has 0 aliphatic carbocycles. The largest absolute Gasteiger partial charge is 0.452 e. The van der Waals surface area contributed by atoms with E-state index in [1.54, 1.807) is 37.3 Å². The van der Waals surface area contributed by atoms with E-state index in [2.05, 4.69) is 15.7 Å². The summed E-state index contributed by atoms with van der Waals surface area (Å²) in [7, 11) is 0. The minimum atomic E-state index is -1.26. The number of hydrogen-bond acceptors (Lipinski definition) is 6. The normalized spacial score (nSPS) is 18.5. The molecule has 2 heterocycles. The molecule has 2 aromatic rings. The molecule has 2 N–H and O–H groups in total. The number of rotatable bonds is 6. The molecule has 0 unspecified atom stereocenters. The molecule has 1 aliphatic rings. The maximum Gasteiger partial charge on any atom is 0.344 e. The first-order valence-corrected chi connectivity index (χ1v) is 8.57. The molecule has 1 fully saturated rings. The van der Waals surface area contributed by atoms with E-state index in [0.29, 0.717) is 17.0 Å². The quantitative estimate of drug-likeness (QED) is 0.571. The number of nitrogens with zero attached hydrogens (tertiary/aromatic N) is 2. The first kappa shape index (κ1) is 19.0. The van der Waals surface area contributed by atoms with Crippen LogP contribution in [0.1, 0.15) is 29.3 Å². The number of hydrogen-bond donors (Lipinski definition) is 2. The smallest absolute Gasteiger partial charge is 0.344 e. The molecule has 1 atom stereocenters. The van der Waals surface area contributed by atoms with Crippen molar-refractivity contribution in [3.8, 4) is 0 Å². The lowest BCUT2D eigenvalue weighted by molar-refractivity contribution is -0.140. The molecule has 9 heteroatoms. The van der Waals surface area contributed by atoms with Crippen molar-refractivity contribution >= 4 is 23.8 Å². The zero-order valence-corrected chi connectivity index (χ0v) is 15.0. The van der Waals surface area contributed by atoms with Gasteiger partial charge in [0.15, 0.2) is 6.61 Å². The van der Waals surface area contributed by atoms with Crippen molar-refractivity contribution in [3.05, 3.63) is 66.0 Å². The Morgan fingerprint density at radius 2 is 1.82 bits per heavy atom. The number of carbonyl (C=O) groups excluding carboxylic acids is 4. The van der Waals surface area contributed by atoms with Crippen LogP contribution in [-0.4, -0.2) is 40.4 Å². The lowest BCUT2D eigenvalue weighted by Gasteiger charge is -2.25. The second kappa shape index (κ2) is 7.87.